The summed E-state index contributed by atoms with van der Waals surface area (Å²) in [5.74, 6) is 2.36. The number of hydrogen-bond acceptors (Lipinski definition) is 3. The van der Waals surface area contributed by atoms with Gasteiger partial charge < -0.3 is 10.2 Å². The van der Waals surface area contributed by atoms with E-state index in [2.05, 4.69) is 18.5 Å². The molecule has 1 saturated heterocycles. The van der Waals surface area contributed by atoms with Crippen molar-refractivity contribution in [3.05, 3.63) is 25.3 Å². The van der Waals surface area contributed by atoms with Gasteiger partial charge in [0, 0.05) is 43.6 Å². The van der Waals surface area contributed by atoms with Gasteiger partial charge >= 0.3 is 0 Å². The lowest BCUT2D eigenvalue weighted by molar-refractivity contribution is -0.130. The minimum absolute atomic E-state index is 0. The molecule has 1 atom stereocenters. The van der Waals surface area contributed by atoms with Crippen LogP contribution in [0.4, 0.5) is 0 Å². The smallest absolute Gasteiger partial charge is 0.224 e. The van der Waals surface area contributed by atoms with Gasteiger partial charge in [0.05, 0.1) is 0 Å². The first kappa shape index (κ1) is 16.6. The quantitative estimate of drug-likeness (QED) is 0.750. The van der Waals surface area contributed by atoms with E-state index in [0.29, 0.717) is 25.6 Å². The van der Waals surface area contributed by atoms with E-state index in [9.17, 15) is 4.79 Å². The van der Waals surface area contributed by atoms with E-state index in [1.807, 2.05) is 11.8 Å². The topological polar surface area (TPSA) is 32.3 Å². The van der Waals surface area contributed by atoms with Crippen molar-refractivity contribution >= 4 is 30.1 Å². The molecule has 0 aromatic rings. The molecule has 1 fully saturated rings. The lowest BCUT2D eigenvalue weighted by atomic mass is 10.2. The molecule has 1 N–H and O–H groups in total. The van der Waals surface area contributed by atoms with Crippen LogP contribution < -0.4 is 5.32 Å². The summed E-state index contributed by atoms with van der Waals surface area (Å²) in [6.07, 6.45) is 4.09. The highest BCUT2D eigenvalue weighted by Gasteiger charge is 2.19. The van der Waals surface area contributed by atoms with Crippen molar-refractivity contribution in [2.75, 3.05) is 31.1 Å². The van der Waals surface area contributed by atoms with Crippen molar-refractivity contribution in [1.82, 2.24) is 10.2 Å². The molecule has 0 bridgehead atoms. The first-order chi connectivity index (χ1) is 7.77. The summed E-state index contributed by atoms with van der Waals surface area (Å²) < 4.78 is 0. The third-order valence-corrected chi connectivity index (χ3v) is 3.60. The molecule has 0 radical (unpaired) electrons. The lowest BCUT2D eigenvalue weighted by Crippen LogP contribution is -2.42. The van der Waals surface area contributed by atoms with Crippen LogP contribution >= 0.6 is 24.2 Å². The molecule has 1 rings (SSSR count). The highest BCUT2D eigenvalue weighted by Crippen LogP contribution is 2.11. The molecule has 0 saturated carbocycles. The molecule has 1 amide bonds. The van der Waals surface area contributed by atoms with Gasteiger partial charge in [-0.15, -0.1) is 25.6 Å². The first-order valence-electron chi connectivity index (χ1n) is 5.58. The number of nitrogens with one attached hydrogen (secondary N) is 1. The van der Waals surface area contributed by atoms with Crippen LogP contribution in [-0.4, -0.2) is 48.0 Å². The fourth-order valence-electron chi connectivity index (χ4n) is 1.68. The van der Waals surface area contributed by atoms with Crippen molar-refractivity contribution in [2.45, 2.75) is 12.5 Å². The van der Waals surface area contributed by atoms with Gasteiger partial charge in [0.1, 0.15) is 0 Å². The SMILES string of the molecule is C=CCN(CC=C)C(=O)CC1CSCCN1.Cl. The van der Waals surface area contributed by atoms with Crippen LogP contribution in [0.3, 0.4) is 0 Å². The summed E-state index contributed by atoms with van der Waals surface area (Å²) in [6.45, 7) is 9.54. The van der Waals surface area contributed by atoms with Gasteiger partial charge in [0.25, 0.3) is 0 Å². The van der Waals surface area contributed by atoms with Crippen LogP contribution in [0.25, 0.3) is 0 Å². The summed E-state index contributed by atoms with van der Waals surface area (Å²) in [6, 6.07) is 0.323. The molecule has 1 aliphatic rings. The number of carbonyl (C=O) groups is 1. The zero-order valence-corrected chi connectivity index (χ0v) is 11.7. The van der Waals surface area contributed by atoms with E-state index in [0.717, 1.165) is 18.1 Å². The van der Waals surface area contributed by atoms with Gasteiger partial charge in [0.15, 0.2) is 0 Å². The van der Waals surface area contributed by atoms with Crippen molar-refractivity contribution in [1.29, 1.82) is 0 Å². The highest BCUT2D eigenvalue weighted by atomic mass is 35.5. The standard InChI is InChI=1S/C12H20N2OS.ClH/c1-3-6-14(7-4-2)12(15)9-11-10-16-8-5-13-11;/h3-4,11,13H,1-2,5-10H2;1H. The van der Waals surface area contributed by atoms with Gasteiger partial charge in [-0.05, 0) is 0 Å². The normalized spacial score (nSPS) is 18.9. The Bertz CT molecular complexity index is 245. The van der Waals surface area contributed by atoms with E-state index in [1.54, 1.807) is 17.1 Å². The van der Waals surface area contributed by atoms with E-state index >= 15 is 0 Å². The molecule has 0 spiro atoms. The molecule has 1 unspecified atom stereocenters. The van der Waals surface area contributed by atoms with Crippen LogP contribution in [0.15, 0.2) is 25.3 Å². The first-order valence-corrected chi connectivity index (χ1v) is 6.74. The molecule has 98 valence electrons. The minimum Gasteiger partial charge on any atom is -0.335 e. The van der Waals surface area contributed by atoms with Gasteiger partial charge in [-0.25, -0.2) is 0 Å². The summed E-state index contributed by atoms with van der Waals surface area (Å²) in [5.41, 5.74) is 0. The Labute approximate surface area is 114 Å². The van der Waals surface area contributed by atoms with Crippen LogP contribution in [-0.2, 0) is 4.79 Å². The Morgan fingerprint density at radius 3 is 2.53 bits per heavy atom. The highest BCUT2D eigenvalue weighted by molar-refractivity contribution is 7.99. The summed E-state index contributed by atoms with van der Waals surface area (Å²) in [7, 11) is 0. The fraction of sp³-hybridized carbons (Fsp3) is 0.583. The number of carbonyl (C=O) groups excluding carboxylic acids is 1. The van der Waals surface area contributed by atoms with E-state index < -0.39 is 0 Å². The summed E-state index contributed by atoms with van der Waals surface area (Å²) in [5, 5.41) is 3.37. The third-order valence-electron chi connectivity index (χ3n) is 2.47. The summed E-state index contributed by atoms with van der Waals surface area (Å²) in [4.78, 5) is 13.8. The van der Waals surface area contributed by atoms with E-state index in [1.165, 1.54) is 0 Å². The maximum atomic E-state index is 12.0. The molecular weight excluding hydrogens is 256 g/mol. The van der Waals surface area contributed by atoms with E-state index in [-0.39, 0.29) is 18.3 Å². The number of amides is 1. The van der Waals surface area contributed by atoms with Crippen molar-refractivity contribution < 1.29 is 4.79 Å². The van der Waals surface area contributed by atoms with E-state index in [4.69, 9.17) is 0 Å². The maximum Gasteiger partial charge on any atom is 0.224 e. The van der Waals surface area contributed by atoms with Crippen LogP contribution in [0, 0.1) is 0 Å². The second kappa shape index (κ2) is 9.57. The van der Waals surface area contributed by atoms with Crippen LogP contribution in [0.1, 0.15) is 6.42 Å². The zero-order chi connectivity index (χ0) is 11.8. The molecule has 0 aliphatic carbocycles. The second-order valence-corrected chi connectivity index (χ2v) is 4.96. The summed E-state index contributed by atoms with van der Waals surface area (Å²) >= 11 is 1.91. The predicted octanol–water partition coefficient (Wildman–Crippen LogP) is 1.70. The van der Waals surface area contributed by atoms with Crippen LogP contribution in [0.5, 0.6) is 0 Å². The third kappa shape index (κ3) is 6.15. The zero-order valence-electron chi connectivity index (χ0n) is 10.1. The van der Waals surface area contributed by atoms with Gasteiger partial charge in [0.2, 0.25) is 5.91 Å². The maximum absolute atomic E-state index is 12.0. The molecule has 3 nitrogen and oxygen atoms in total. The minimum atomic E-state index is 0. The second-order valence-electron chi connectivity index (χ2n) is 3.81. The molecule has 1 heterocycles. The van der Waals surface area contributed by atoms with Crippen LogP contribution in [0.2, 0.25) is 0 Å². The molecule has 17 heavy (non-hydrogen) atoms. The van der Waals surface area contributed by atoms with Crippen molar-refractivity contribution in [3.8, 4) is 0 Å². The number of thioether (sulfide) groups is 1. The van der Waals surface area contributed by atoms with Gasteiger partial charge in [-0.1, -0.05) is 12.2 Å². The van der Waals surface area contributed by atoms with Gasteiger partial charge in [-0.2, -0.15) is 11.8 Å². The Morgan fingerprint density at radius 2 is 2.06 bits per heavy atom. The average Bonchev–Trinajstić information content (AvgIpc) is 2.30. The fourth-order valence-corrected chi connectivity index (χ4v) is 2.63. The Hall–Kier alpha value is -0.450. The predicted molar refractivity (Wildman–Crippen MR) is 78.0 cm³/mol. The lowest BCUT2D eigenvalue weighted by Gasteiger charge is -2.26. The molecular formula is C12H21ClN2OS. The Kier molecular flexibility index (Phi) is 9.31. The Balaban J connectivity index is 0.00000256. The van der Waals surface area contributed by atoms with Crippen molar-refractivity contribution in [3.63, 3.8) is 0 Å². The van der Waals surface area contributed by atoms with Crippen molar-refractivity contribution in [2.24, 2.45) is 0 Å². The number of nitrogens with zero attached hydrogens (tertiary/aromatic N) is 1. The number of rotatable bonds is 6. The molecule has 1 aliphatic heterocycles. The van der Waals surface area contributed by atoms with Gasteiger partial charge in [-0.3, -0.25) is 4.79 Å². The monoisotopic (exact) mass is 276 g/mol. The average molecular weight is 277 g/mol. The number of halogens is 1. The largest absolute Gasteiger partial charge is 0.335 e. The molecule has 0 aromatic carbocycles. The Morgan fingerprint density at radius 1 is 1.41 bits per heavy atom. The molecule has 5 heteroatoms. The number of hydrogen-bond donors (Lipinski definition) is 1. The molecule has 0 aromatic heterocycles.